The Morgan fingerprint density at radius 3 is 3.00 bits per heavy atom. The summed E-state index contributed by atoms with van der Waals surface area (Å²) in [6, 6.07) is 3.56. The first-order valence-electron chi connectivity index (χ1n) is 3.81. The topological polar surface area (TPSA) is 43.4 Å². The molecule has 0 fully saturated rings. The van der Waals surface area contributed by atoms with Crippen molar-refractivity contribution in [2.75, 3.05) is 12.4 Å². The largest absolute Gasteiger partial charge is 0.465 e. The molecule has 0 aromatic carbocycles. The van der Waals surface area contributed by atoms with Gasteiger partial charge < -0.3 is 4.74 Å². The van der Waals surface area contributed by atoms with E-state index in [1.807, 2.05) is 11.4 Å². The lowest BCUT2D eigenvalue weighted by molar-refractivity contribution is -0.139. The van der Waals surface area contributed by atoms with Gasteiger partial charge in [-0.15, -0.1) is 11.3 Å². The Balaban J connectivity index is 2.47. The third-order valence-electron chi connectivity index (χ3n) is 1.27. The summed E-state index contributed by atoms with van der Waals surface area (Å²) < 4.78 is 16.8. The minimum Gasteiger partial charge on any atom is -0.465 e. The molecule has 0 bridgehead atoms. The second-order valence-electron chi connectivity index (χ2n) is 2.23. The molecule has 1 aromatic rings. The van der Waals surface area contributed by atoms with Crippen LogP contribution in [-0.4, -0.2) is 22.5 Å². The Bertz CT molecular complexity index is 292. The molecule has 0 aliphatic rings. The van der Waals surface area contributed by atoms with Crippen LogP contribution in [0.25, 0.3) is 0 Å². The van der Waals surface area contributed by atoms with E-state index in [0.717, 1.165) is 0 Å². The molecule has 72 valence electrons. The molecule has 0 aliphatic carbocycles. The maximum absolute atomic E-state index is 11.4. The quantitative estimate of drug-likeness (QED) is 0.718. The summed E-state index contributed by atoms with van der Waals surface area (Å²) in [6.07, 6.45) is 0. The zero-order chi connectivity index (χ0) is 9.68. The maximum Gasteiger partial charge on any atom is 0.318 e. The molecule has 0 spiro atoms. The van der Waals surface area contributed by atoms with Gasteiger partial charge in [-0.2, -0.15) is 0 Å². The van der Waals surface area contributed by atoms with Crippen LogP contribution in [0.15, 0.2) is 21.7 Å². The summed E-state index contributed by atoms with van der Waals surface area (Å²) in [5, 5.41) is 1.83. The molecule has 0 radical (unpaired) electrons. The third-order valence-corrected chi connectivity index (χ3v) is 3.86. The molecule has 0 saturated carbocycles. The van der Waals surface area contributed by atoms with E-state index in [0.29, 0.717) is 10.8 Å². The highest BCUT2D eigenvalue weighted by molar-refractivity contribution is 7.88. The molecule has 1 atom stereocenters. The third kappa shape index (κ3) is 3.28. The van der Waals surface area contributed by atoms with E-state index in [1.54, 1.807) is 13.0 Å². The van der Waals surface area contributed by atoms with Crippen molar-refractivity contribution in [3.63, 3.8) is 0 Å². The van der Waals surface area contributed by atoms with E-state index in [1.165, 1.54) is 11.3 Å². The number of carbonyl (C=O) groups excluding carboxylic acids is 1. The number of hydrogen-bond donors (Lipinski definition) is 0. The van der Waals surface area contributed by atoms with E-state index < -0.39 is 16.8 Å². The number of carbonyl (C=O) groups is 1. The van der Waals surface area contributed by atoms with Crippen molar-refractivity contribution in [1.82, 2.24) is 0 Å². The lowest BCUT2D eigenvalue weighted by Crippen LogP contribution is -2.13. The Labute approximate surface area is 83.2 Å². The number of esters is 1. The molecule has 1 rings (SSSR count). The average molecular weight is 218 g/mol. The van der Waals surface area contributed by atoms with Gasteiger partial charge >= 0.3 is 5.97 Å². The number of rotatable bonds is 4. The minimum atomic E-state index is -1.24. The highest BCUT2D eigenvalue weighted by atomic mass is 32.2. The Morgan fingerprint density at radius 2 is 2.46 bits per heavy atom. The van der Waals surface area contributed by atoms with Crippen molar-refractivity contribution in [3.05, 3.63) is 17.5 Å². The first-order valence-corrected chi connectivity index (χ1v) is 6.01. The van der Waals surface area contributed by atoms with Gasteiger partial charge in [0.05, 0.1) is 21.6 Å². The molecular weight excluding hydrogens is 208 g/mol. The molecular formula is C8H10O3S2. The van der Waals surface area contributed by atoms with Gasteiger partial charge in [0.25, 0.3) is 0 Å². The van der Waals surface area contributed by atoms with Crippen LogP contribution in [0.2, 0.25) is 0 Å². The molecule has 1 heterocycles. The van der Waals surface area contributed by atoms with Crippen LogP contribution >= 0.6 is 11.3 Å². The fourth-order valence-electron chi connectivity index (χ4n) is 0.774. The smallest absolute Gasteiger partial charge is 0.318 e. The van der Waals surface area contributed by atoms with Gasteiger partial charge in [0.2, 0.25) is 0 Å². The van der Waals surface area contributed by atoms with E-state index >= 15 is 0 Å². The van der Waals surface area contributed by atoms with Gasteiger partial charge in [-0.3, -0.25) is 9.00 Å². The predicted octanol–water partition coefficient (Wildman–Crippen LogP) is 1.42. The lowest BCUT2D eigenvalue weighted by Gasteiger charge is -1.99. The summed E-state index contributed by atoms with van der Waals surface area (Å²) in [5.41, 5.74) is 0. The molecule has 0 saturated heterocycles. The van der Waals surface area contributed by atoms with Gasteiger partial charge in [-0.1, -0.05) is 6.07 Å². The van der Waals surface area contributed by atoms with E-state index in [4.69, 9.17) is 0 Å². The van der Waals surface area contributed by atoms with Gasteiger partial charge in [0, 0.05) is 0 Å². The molecule has 0 N–H and O–H groups in total. The van der Waals surface area contributed by atoms with Crippen LogP contribution in [0.1, 0.15) is 6.92 Å². The summed E-state index contributed by atoms with van der Waals surface area (Å²) in [6.45, 7) is 2.06. The zero-order valence-electron chi connectivity index (χ0n) is 7.19. The fourth-order valence-corrected chi connectivity index (χ4v) is 2.67. The highest BCUT2D eigenvalue weighted by Crippen LogP contribution is 2.13. The molecule has 1 aromatic heterocycles. The van der Waals surface area contributed by atoms with E-state index in [9.17, 15) is 9.00 Å². The van der Waals surface area contributed by atoms with Crippen molar-refractivity contribution in [2.45, 2.75) is 11.1 Å². The van der Waals surface area contributed by atoms with Crippen LogP contribution in [0, 0.1) is 0 Å². The van der Waals surface area contributed by atoms with Crippen LogP contribution in [0.5, 0.6) is 0 Å². The number of thiophene rings is 1. The second kappa shape index (κ2) is 5.14. The summed E-state index contributed by atoms with van der Waals surface area (Å²) in [7, 11) is -1.24. The van der Waals surface area contributed by atoms with E-state index in [-0.39, 0.29) is 5.75 Å². The van der Waals surface area contributed by atoms with Gasteiger partial charge in [0.1, 0.15) is 5.75 Å². The van der Waals surface area contributed by atoms with Crippen LogP contribution in [-0.2, 0) is 20.3 Å². The maximum atomic E-state index is 11.4. The molecule has 0 aliphatic heterocycles. The first kappa shape index (κ1) is 10.4. The second-order valence-corrected chi connectivity index (χ2v) is 4.85. The van der Waals surface area contributed by atoms with Crippen molar-refractivity contribution in [1.29, 1.82) is 0 Å². The highest BCUT2D eigenvalue weighted by Gasteiger charge is 2.11. The van der Waals surface area contributed by atoms with Crippen molar-refractivity contribution >= 4 is 28.1 Å². The Kier molecular flexibility index (Phi) is 4.11. The summed E-state index contributed by atoms with van der Waals surface area (Å²) >= 11 is 1.38. The molecule has 3 nitrogen and oxygen atoms in total. The molecule has 13 heavy (non-hydrogen) atoms. The SMILES string of the molecule is CCOC(=O)CS(=O)c1cccs1. The number of hydrogen-bond acceptors (Lipinski definition) is 4. The van der Waals surface area contributed by atoms with Crippen molar-refractivity contribution in [2.24, 2.45) is 0 Å². The monoisotopic (exact) mass is 218 g/mol. The fraction of sp³-hybridized carbons (Fsp3) is 0.375. The van der Waals surface area contributed by atoms with Crippen molar-refractivity contribution < 1.29 is 13.7 Å². The first-order chi connectivity index (χ1) is 6.24. The van der Waals surface area contributed by atoms with Crippen LogP contribution in [0.3, 0.4) is 0 Å². The average Bonchev–Trinajstić information content (AvgIpc) is 2.55. The normalized spacial score (nSPS) is 12.4. The Morgan fingerprint density at radius 1 is 1.69 bits per heavy atom. The molecule has 0 amide bonds. The minimum absolute atomic E-state index is 0.0473. The zero-order valence-corrected chi connectivity index (χ0v) is 8.82. The predicted molar refractivity (Wildman–Crippen MR) is 52.2 cm³/mol. The van der Waals surface area contributed by atoms with Gasteiger partial charge in [0.15, 0.2) is 0 Å². The standard InChI is InChI=1S/C8H10O3S2/c1-2-11-7(9)6-13(10)8-4-3-5-12-8/h3-5H,2,6H2,1H3. The Hall–Kier alpha value is -0.680. The number of ether oxygens (including phenoxy) is 1. The molecule has 1 unspecified atom stereocenters. The van der Waals surface area contributed by atoms with Crippen molar-refractivity contribution in [3.8, 4) is 0 Å². The van der Waals surface area contributed by atoms with Gasteiger partial charge in [-0.05, 0) is 18.4 Å². The van der Waals surface area contributed by atoms with E-state index in [2.05, 4.69) is 4.74 Å². The summed E-state index contributed by atoms with van der Waals surface area (Å²) in [4.78, 5) is 10.9. The van der Waals surface area contributed by atoms with Crippen LogP contribution < -0.4 is 0 Å². The van der Waals surface area contributed by atoms with Crippen LogP contribution in [0.4, 0.5) is 0 Å². The lowest BCUT2D eigenvalue weighted by atomic mass is 10.7. The molecule has 5 heteroatoms. The summed E-state index contributed by atoms with van der Waals surface area (Å²) in [5.74, 6) is -0.455. The van der Waals surface area contributed by atoms with Gasteiger partial charge in [-0.25, -0.2) is 0 Å².